The minimum Gasteiger partial charge on any atom is -0.0626 e. The Morgan fingerprint density at radius 2 is 1.34 bits per heavy atom. The van der Waals surface area contributed by atoms with Gasteiger partial charge < -0.3 is 0 Å². The summed E-state index contributed by atoms with van der Waals surface area (Å²) in [5, 5.41) is 3.18. The lowest BCUT2D eigenvalue weighted by atomic mass is 9.89. The van der Waals surface area contributed by atoms with Gasteiger partial charge in [-0.3, -0.25) is 0 Å². The van der Waals surface area contributed by atoms with Crippen molar-refractivity contribution in [2.24, 2.45) is 0 Å². The van der Waals surface area contributed by atoms with Crippen LogP contribution in [0.25, 0.3) is 0 Å². The maximum absolute atomic E-state index is 2.46. The summed E-state index contributed by atoms with van der Waals surface area (Å²) < 4.78 is 0. The average Bonchev–Trinajstić information content (AvgIpc) is 2.97. The van der Waals surface area contributed by atoms with Crippen LogP contribution in [-0.2, 0) is 0 Å². The van der Waals surface area contributed by atoms with E-state index < -0.39 is 8.80 Å². The van der Waals surface area contributed by atoms with Crippen molar-refractivity contribution in [1.82, 2.24) is 0 Å². The van der Waals surface area contributed by atoms with E-state index in [9.17, 15) is 0 Å². The first-order valence-corrected chi connectivity index (χ1v) is 13.8. The standard InChI is InChI=1S/C31H36Si/c1-20-16-21(2)18-28(17-20)32(30-15-11-12-22(3)23(30)4)19-29-25(6)24(5)26(7)31(29)27-13-9-8-10-14-27/h8-18,31-32H,19H2,1-7H3. The molecular formula is C31H36Si. The van der Waals surface area contributed by atoms with Crippen molar-refractivity contribution >= 4 is 19.2 Å². The van der Waals surface area contributed by atoms with Gasteiger partial charge in [-0.15, -0.1) is 0 Å². The fraction of sp³-hybridized carbons (Fsp3) is 0.290. The summed E-state index contributed by atoms with van der Waals surface area (Å²) in [5.41, 5.74) is 13.3. The molecule has 0 heterocycles. The molecule has 0 nitrogen and oxygen atoms in total. The largest absolute Gasteiger partial charge is 0.107 e. The first-order valence-electron chi connectivity index (χ1n) is 11.8. The Kier molecular flexibility index (Phi) is 6.39. The van der Waals surface area contributed by atoms with E-state index in [1.54, 1.807) is 15.9 Å². The van der Waals surface area contributed by atoms with E-state index >= 15 is 0 Å². The Hall–Kier alpha value is -2.64. The number of rotatable bonds is 5. The Labute approximate surface area is 196 Å². The highest BCUT2D eigenvalue weighted by Gasteiger charge is 2.32. The summed E-state index contributed by atoms with van der Waals surface area (Å²) in [7, 11) is -1.47. The monoisotopic (exact) mass is 436 g/mol. The molecule has 3 aromatic carbocycles. The predicted molar refractivity (Wildman–Crippen MR) is 143 cm³/mol. The summed E-state index contributed by atoms with van der Waals surface area (Å²) in [5.74, 6) is 0.419. The van der Waals surface area contributed by atoms with Gasteiger partial charge in [0.1, 0.15) is 8.80 Å². The molecule has 32 heavy (non-hydrogen) atoms. The first-order chi connectivity index (χ1) is 15.3. The van der Waals surface area contributed by atoms with Crippen molar-refractivity contribution in [3.05, 3.63) is 117 Å². The molecule has 0 fully saturated rings. The quantitative estimate of drug-likeness (QED) is 0.390. The number of aryl methyl sites for hydroxylation is 3. The minimum atomic E-state index is -1.47. The van der Waals surface area contributed by atoms with E-state index in [1.165, 1.54) is 50.6 Å². The molecule has 0 aromatic heterocycles. The lowest BCUT2D eigenvalue weighted by molar-refractivity contribution is 0.932. The zero-order valence-electron chi connectivity index (χ0n) is 20.7. The maximum atomic E-state index is 2.46. The van der Waals surface area contributed by atoms with Crippen molar-refractivity contribution in [3.8, 4) is 0 Å². The van der Waals surface area contributed by atoms with Crippen LogP contribution in [0, 0.1) is 27.7 Å². The van der Waals surface area contributed by atoms with Crippen molar-refractivity contribution in [2.75, 3.05) is 0 Å². The third-order valence-electron chi connectivity index (χ3n) is 7.64. The fourth-order valence-corrected chi connectivity index (χ4v) is 9.41. The van der Waals surface area contributed by atoms with Gasteiger partial charge in [0.25, 0.3) is 0 Å². The summed E-state index contributed by atoms with van der Waals surface area (Å²) in [6, 6.07) is 26.5. The van der Waals surface area contributed by atoms with Crippen molar-refractivity contribution in [1.29, 1.82) is 0 Å². The predicted octanol–water partition coefficient (Wildman–Crippen LogP) is 6.71. The van der Waals surface area contributed by atoms with Gasteiger partial charge in [0.05, 0.1) is 0 Å². The van der Waals surface area contributed by atoms with E-state index in [2.05, 4.69) is 115 Å². The molecule has 0 spiro atoms. The molecule has 0 radical (unpaired) electrons. The molecule has 0 N–H and O–H groups in total. The summed E-state index contributed by atoms with van der Waals surface area (Å²) >= 11 is 0. The highest BCUT2D eigenvalue weighted by molar-refractivity contribution is 6.86. The van der Waals surface area contributed by atoms with E-state index in [1.807, 2.05) is 0 Å². The second kappa shape index (κ2) is 9.08. The van der Waals surface area contributed by atoms with Gasteiger partial charge in [0.2, 0.25) is 0 Å². The zero-order valence-corrected chi connectivity index (χ0v) is 21.9. The molecule has 1 heteroatoms. The third-order valence-corrected chi connectivity index (χ3v) is 11.0. The van der Waals surface area contributed by atoms with Gasteiger partial charge in [-0.25, -0.2) is 0 Å². The molecule has 1 aliphatic carbocycles. The molecule has 0 saturated carbocycles. The summed E-state index contributed by atoms with van der Waals surface area (Å²) in [4.78, 5) is 0. The minimum absolute atomic E-state index is 0.419. The molecular weight excluding hydrogens is 400 g/mol. The summed E-state index contributed by atoms with van der Waals surface area (Å²) in [6.45, 7) is 16.1. The number of benzene rings is 3. The van der Waals surface area contributed by atoms with Crippen molar-refractivity contribution in [3.63, 3.8) is 0 Å². The van der Waals surface area contributed by atoms with Gasteiger partial charge in [-0.1, -0.05) is 99.4 Å². The Morgan fingerprint density at radius 1 is 0.688 bits per heavy atom. The van der Waals surface area contributed by atoms with Crippen molar-refractivity contribution in [2.45, 2.75) is 60.4 Å². The van der Waals surface area contributed by atoms with Crippen LogP contribution >= 0.6 is 0 Å². The Bertz CT molecular complexity index is 1190. The van der Waals surface area contributed by atoms with E-state index in [4.69, 9.17) is 0 Å². The highest BCUT2D eigenvalue weighted by Crippen LogP contribution is 2.45. The van der Waals surface area contributed by atoms with E-state index in [0.717, 1.165) is 0 Å². The van der Waals surface area contributed by atoms with Gasteiger partial charge in [-0.2, -0.15) is 0 Å². The molecule has 0 saturated heterocycles. The Morgan fingerprint density at radius 3 is 2.00 bits per heavy atom. The molecule has 4 rings (SSSR count). The fourth-order valence-electron chi connectivity index (χ4n) is 5.59. The molecule has 0 bridgehead atoms. The molecule has 164 valence electrons. The van der Waals surface area contributed by atoms with Gasteiger partial charge >= 0.3 is 0 Å². The molecule has 0 aliphatic heterocycles. The number of allylic oxidation sites excluding steroid dienone is 4. The molecule has 0 amide bonds. The van der Waals surface area contributed by atoms with Crippen LogP contribution in [0.1, 0.15) is 54.5 Å². The highest BCUT2D eigenvalue weighted by atomic mass is 28.3. The number of hydrogen-bond acceptors (Lipinski definition) is 0. The zero-order chi connectivity index (χ0) is 23.0. The van der Waals surface area contributed by atoms with Gasteiger partial charge in [0.15, 0.2) is 0 Å². The third kappa shape index (κ3) is 4.19. The maximum Gasteiger partial charge on any atom is 0.107 e. The molecule has 2 unspecified atom stereocenters. The van der Waals surface area contributed by atoms with Gasteiger partial charge in [-0.05, 0) is 82.3 Å². The normalized spacial score (nSPS) is 17.3. The van der Waals surface area contributed by atoms with E-state index in [0.29, 0.717) is 5.92 Å². The van der Waals surface area contributed by atoms with Crippen LogP contribution < -0.4 is 10.4 Å². The first kappa shape index (κ1) is 22.5. The van der Waals surface area contributed by atoms with Gasteiger partial charge in [0, 0.05) is 5.92 Å². The van der Waals surface area contributed by atoms with Crippen molar-refractivity contribution < 1.29 is 0 Å². The second-order valence-corrected chi connectivity index (χ2v) is 12.6. The van der Waals surface area contributed by atoms with Crippen LogP contribution in [0.2, 0.25) is 6.04 Å². The van der Waals surface area contributed by atoms with E-state index in [-0.39, 0.29) is 0 Å². The molecule has 3 aromatic rings. The smallest absolute Gasteiger partial charge is 0.0626 e. The number of hydrogen-bond donors (Lipinski definition) is 0. The second-order valence-electron chi connectivity index (χ2n) is 9.77. The van der Waals surface area contributed by atoms with Crippen LogP contribution in [0.15, 0.2) is 89.0 Å². The average molecular weight is 437 g/mol. The van der Waals surface area contributed by atoms with Crippen LogP contribution in [0.3, 0.4) is 0 Å². The van der Waals surface area contributed by atoms with Crippen LogP contribution in [0.5, 0.6) is 0 Å². The Balaban J connectivity index is 1.86. The summed E-state index contributed by atoms with van der Waals surface area (Å²) in [6.07, 6.45) is 0. The SMILES string of the molecule is CC1=C(C)C(c2ccccc2)C(C[SiH](c2cc(C)cc(C)c2)c2cccc(C)c2C)=C1C. The van der Waals surface area contributed by atoms with Crippen LogP contribution in [-0.4, -0.2) is 8.80 Å². The lowest BCUT2D eigenvalue weighted by Crippen LogP contribution is -2.44. The lowest BCUT2D eigenvalue weighted by Gasteiger charge is -2.26. The van der Waals surface area contributed by atoms with Crippen LogP contribution in [0.4, 0.5) is 0 Å². The topological polar surface area (TPSA) is 0 Å². The molecule has 2 atom stereocenters. The molecule has 1 aliphatic rings.